The summed E-state index contributed by atoms with van der Waals surface area (Å²) in [5.74, 6) is 1.75. The third kappa shape index (κ3) is 5.14. The Bertz CT molecular complexity index is 1190. The van der Waals surface area contributed by atoms with Gasteiger partial charge in [0.05, 0.1) is 24.7 Å². The van der Waals surface area contributed by atoms with E-state index in [1.807, 2.05) is 74.5 Å². The average molecular weight is 464 g/mol. The van der Waals surface area contributed by atoms with E-state index in [0.717, 1.165) is 33.8 Å². The lowest BCUT2D eigenvalue weighted by atomic mass is 10.0. The second-order valence-electron chi connectivity index (χ2n) is 7.22. The third-order valence-electron chi connectivity index (χ3n) is 5.08. The van der Waals surface area contributed by atoms with Crippen molar-refractivity contribution in [3.8, 4) is 17.2 Å². The number of nitrogens with zero attached hydrogens (tertiary/aromatic N) is 1. The second-order valence-corrected chi connectivity index (χ2v) is 8.21. The van der Waals surface area contributed by atoms with Crippen LogP contribution in [0, 0.1) is 0 Å². The maximum Gasteiger partial charge on any atom is 0.293 e. The zero-order chi connectivity index (χ0) is 23.2. The number of hydrogen-bond donors (Lipinski definition) is 0. The van der Waals surface area contributed by atoms with Crippen LogP contribution < -0.4 is 14.2 Å². The Balaban J connectivity index is 1.61. The number of imide groups is 1. The maximum atomic E-state index is 13.0. The first-order valence-corrected chi connectivity index (χ1v) is 11.7. The first-order chi connectivity index (χ1) is 16.1. The minimum absolute atomic E-state index is 0.180. The van der Waals surface area contributed by atoms with Gasteiger partial charge in [0.15, 0.2) is 0 Å². The summed E-state index contributed by atoms with van der Waals surface area (Å²) < 4.78 is 17.2. The number of hydrogen-bond acceptors (Lipinski definition) is 6. The predicted octanol–water partition coefficient (Wildman–Crippen LogP) is 5.75. The highest BCUT2D eigenvalue weighted by Crippen LogP contribution is 2.37. The normalized spacial score (nSPS) is 14.8. The van der Waals surface area contributed by atoms with Gasteiger partial charge in [-0.25, -0.2) is 0 Å². The minimum atomic E-state index is -0.331. The fraction of sp³-hybridized carbons (Fsp3) is 0.231. The summed E-state index contributed by atoms with van der Waals surface area (Å²) in [6.07, 6.45) is 1.74. The number of amides is 2. The molecule has 1 heterocycles. The summed E-state index contributed by atoms with van der Waals surface area (Å²) in [5.41, 5.74) is 0.752. The SMILES string of the molecule is CCOc1ccc2ccc(OCC)c(/C=C3\SC(=O)N(CCOc4ccccc4)C3=O)c2c1. The Morgan fingerprint density at radius 3 is 2.39 bits per heavy atom. The number of rotatable bonds is 9. The van der Waals surface area contributed by atoms with Gasteiger partial charge in [0.1, 0.15) is 23.9 Å². The van der Waals surface area contributed by atoms with Gasteiger partial charge in [-0.2, -0.15) is 0 Å². The molecule has 1 aliphatic rings. The van der Waals surface area contributed by atoms with Crippen LogP contribution in [0.5, 0.6) is 17.2 Å². The highest BCUT2D eigenvalue weighted by atomic mass is 32.2. The van der Waals surface area contributed by atoms with Crippen LogP contribution in [-0.2, 0) is 4.79 Å². The molecule has 33 heavy (non-hydrogen) atoms. The topological polar surface area (TPSA) is 65.1 Å². The largest absolute Gasteiger partial charge is 0.494 e. The molecular formula is C26H25NO5S. The first-order valence-electron chi connectivity index (χ1n) is 10.9. The van der Waals surface area contributed by atoms with Crippen molar-refractivity contribution in [2.75, 3.05) is 26.4 Å². The van der Waals surface area contributed by atoms with Gasteiger partial charge < -0.3 is 14.2 Å². The molecule has 1 aliphatic heterocycles. The van der Waals surface area contributed by atoms with Gasteiger partial charge in [-0.15, -0.1) is 0 Å². The molecule has 7 heteroatoms. The predicted molar refractivity (Wildman–Crippen MR) is 131 cm³/mol. The average Bonchev–Trinajstić information content (AvgIpc) is 3.09. The van der Waals surface area contributed by atoms with Crippen molar-refractivity contribution in [3.05, 3.63) is 71.1 Å². The van der Waals surface area contributed by atoms with Gasteiger partial charge in [-0.1, -0.05) is 30.3 Å². The quantitative estimate of drug-likeness (QED) is 0.376. The number of para-hydroxylation sites is 1. The van der Waals surface area contributed by atoms with Gasteiger partial charge in [0.2, 0.25) is 0 Å². The van der Waals surface area contributed by atoms with Crippen molar-refractivity contribution in [2.45, 2.75) is 13.8 Å². The Hall–Kier alpha value is -3.45. The first kappa shape index (κ1) is 22.7. The highest BCUT2D eigenvalue weighted by molar-refractivity contribution is 8.18. The van der Waals surface area contributed by atoms with E-state index in [2.05, 4.69) is 0 Å². The molecule has 0 unspecified atom stereocenters. The molecule has 0 saturated carbocycles. The molecule has 4 rings (SSSR count). The lowest BCUT2D eigenvalue weighted by molar-refractivity contribution is -0.123. The van der Waals surface area contributed by atoms with E-state index in [1.165, 1.54) is 4.90 Å². The summed E-state index contributed by atoms with van der Waals surface area (Å²) in [6.45, 7) is 5.28. The Labute approximate surface area is 197 Å². The molecule has 2 amide bonds. The van der Waals surface area contributed by atoms with Gasteiger partial charge in [0.25, 0.3) is 11.1 Å². The van der Waals surface area contributed by atoms with Crippen LogP contribution in [0.3, 0.4) is 0 Å². The monoisotopic (exact) mass is 463 g/mol. The molecule has 3 aromatic carbocycles. The van der Waals surface area contributed by atoms with Crippen LogP contribution in [0.15, 0.2) is 65.6 Å². The molecule has 0 radical (unpaired) electrons. The molecule has 0 bridgehead atoms. The fourth-order valence-electron chi connectivity index (χ4n) is 3.58. The molecule has 1 saturated heterocycles. The van der Waals surface area contributed by atoms with Crippen molar-refractivity contribution in [1.82, 2.24) is 4.90 Å². The van der Waals surface area contributed by atoms with Crippen molar-refractivity contribution >= 4 is 39.8 Å². The zero-order valence-electron chi connectivity index (χ0n) is 18.6. The second kappa shape index (κ2) is 10.4. The van der Waals surface area contributed by atoms with Crippen molar-refractivity contribution in [3.63, 3.8) is 0 Å². The van der Waals surface area contributed by atoms with Crippen LogP contribution in [0.1, 0.15) is 19.4 Å². The van der Waals surface area contributed by atoms with Crippen LogP contribution in [0.25, 0.3) is 16.8 Å². The lowest BCUT2D eigenvalue weighted by Crippen LogP contribution is -2.32. The van der Waals surface area contributed by atoms with E-state index in [-0.39, 0.29) is 24.3 Å². The molecule has 0 aromatic heterocycles. The molecule has 170 valence electrons. The molecule has 1 fully saturated rings. The smallest absolute Gasteiger partial charge is 0.293 e. The molecule has 3 aromatic rings. The Morgan fingerprint density at radius 2 is 1.64 bits per heavy atom. The summed E-state index contributed by atoms with van der Waals surface area (Å²) >= 11 is 0.929. The fourth-order valence-corrected chi connectivity index (χ4v) is 4.43. The minimum Gasteiger partial charge on any atom is -0.494 e. The van der Waals surface area contributed by atoms with Crippen LogP contribution in [0.4, 0.5) is 4.79 Å². The summed E-state index contributed by atoms with van der Waals surface area (Å²) in [6, 6.07) is 19.0. The lowest BCUT2D eigenvalue weighted by Gasteiger charge is -2.14. The van der Waals surface area contributed by atoms with Gasteiger partial charge in [-0.3, -0.25) is 14.5 Å². The van der Waals surface area contributed by atoms with E-state index in [0.29, 0.717) is 29.6 Å². The standard InChI is InChI=1S/C26H25NO5S/c1-3-30-20-12-10-18-11-13-23(31-4-2)22(21(18)16-20)17-24-25(28)27(26(29)33-24)14-15-32-19-8-6-5-7-9-19/h5-13,16-17H,3-4,14-15H2,1-2H3/b24-17-. The number of ether oxygens (including phenoxy) is 3. The Kier molecular flexibility index (Phi) is 7.19. The molecular weight excluding hydrogens is 438 g/mol. The molecule has 0 spiro atoms. The third-order valence-corrected chi connectivity index (χ3v) is 5.99. The van der Waals surface area contributed by atoms with Crippen LogP contribution in [0.2, 0.25) is 0 Å². The van der Waals surface area contributed by atoms with Crippen LogP contribution >= 0.6 is 11.8 Å². The van der Waals surface area contributed by atoms with Gasteiger partial charge in [-0.05, 0) is 72.8 Å². The van der Waals surface area contributed by atoms with Crippen molar-refractivity contribution in [1.29, 1.82) is 0 Å². The molecule has 0 N–H and O–H groups in total. The van der Waals surface area contributed by atoms with Crippen molar-refractivity contribution < 1.29 is 23.8 Å². The zero-order valence-corrected chi connectivity index (χ0v) is 19.4. The van der Waals surface area contributed by atoms with Crippen LogP contribution in [-0.4, -0.2) is 42.4 Å². The summed E-state index contributed by atoms with van der Waals surface area (Å²) in [7, 11) is 0. The molecule has 0 atom stereocenters. The number of fused-ring (bicyclic) bond motifs is 1. The molecule has 0 aliphatic carbocycles. The van der Waals surface area contributed by atoms with E-state index in [9.17, 15) is 9.59 Å². The van der Waals surface area contributed by atoms with Crippen molar-refractivity contribution in [2.24, 2.45) is 0 Å². The Morgan fingerprint density at radius 1 is 0.879 bits per heavy atom. The number of thioether (sulfide) groups is 1. The van der Waals surface area contributed by atoms with E-state index >= 15 is 0 Å². The molecule has 6 nitrogen and oxygen atoms in total. The highest BCUT2D eigenvalue weighted by Gasteiger charge is 2.35. The maximum absolute atomic E-state index is 13.0. The van der Waals surface area contributed by atoms with Gasteiger partial charge in [0, 0.05) is 5.56 Å². The van der Waals surface area contributed by atoms with E-state index in [4.69, 9.17) is 14.2 Å². The summed E-state index contributed by atoms with van der Waals surface area (Å²) in [5, 5.41) is 1.57. The number of carbonyl (C=O) groups excluding carboxylic acids is 2. The summed E-state index contributed by atoms with van der Waals surface area (Å²) in [4.78, 5) is 27.2. The number of carbonyl (C=O) groups is 2. The van der Waals surface area contributed by atoms with Gasteiger partial charge >= 0.3 is 0 Å². The van der Waals surface area contributed by atoms with E-state index in [1.54, 1.807) is 6.08 Å². The van der Waals surface area contributed by atoms with E-state index < -0.39 is 0 Å². The number of benzene rings is 3.